The number of hydrogen-bond acceptors (Lipinski definition) is 9. The lowest BCUT2D eigenvalue weighted by atomic mass is 9.61. The summed E-state index contributed by atoms with van der Waals surface area (Å²) in [6.07, 6.45) is 8.33. The van der Waals surface area contributed by atoms with Gasteiger partial charge in [0.15, 0.2) is 11.6 Å². The van der Waals surface area contributed by atoms with Crippen LogP contribution in [-0.4, -0.2) is 75.8 Å². The number of ether oxygens (including phenoxy) is 2. The van der Waals surface area contributed by atoms with E-state index >= 15 is 0 Å². The molecule has 3 aliphatic rings. The zero-order valence-electron chi connectivity index (χ0n) is 24.9. The van der Waals surface area contributed by atoms with E-state index in [2.05, 4.69) is 25.2 Å². The Hall–Kier alpha value is -3.83. The number of carbonyl (C=O) groups is 1. The standard InChI is InChI=1S/C32H39FN6O4/c1-4-39(20(2)3)31(41)23-13-21(33)5-6-26(23)43-28-16-34-19-37-30(28)38-17-32(18-38)14-22(15-32)42-27-8-11-36-24-7-10-35-25(9-12-40)29(24)27/h5-6,8,11,13,16,19-20,22,25,35,40H,4,7,9-10,12,14-15,17-18H2,1-3H3. The van der Waals surface area contributed by atoms with Crippen molar-refractivity contribution in [1.29, 1.82) is 0 Å². The number of hydrogen-bond donors (Lipinski definition) is 2. The van der Waals surface area contributed by atoms with Crippen LogP contribution in [0.5, 0.6) is 17.2 Å². The Morgan fingerprint density at radius 3 is 2.77 bits per heavy atom. The Kier molecular flexibility index (Phi) is 8.19. The van der Waals surface area contributed by atoms with Crippen molar-refractivity contribution in [2.75, 3.05) is 37.7 Å². The molecule has 1 saturated carbocycles. The van der Waals surface area contributed by atoms with Gasteiger partial charge in [-0.25, -0.2) is 14.4 Å². The van der Waals surface area contributed by atoms with E-state index in [1.165, 1.54) is 24.5 Å². The molecule has 1 amide bonds. The molecule has 1 saturated heterocycles. The van der Waals surface area contributed by atoms with Crippen LogP contribution in [-0.2, 0) is 6.42 Å². The van der Waals surface area contributed by atoms with Crippen molar-refractivity contribution in [1.82, 2.24) is 25.2 Å². The van der Waals surface area contributed by atoms with Gasteiger partial charge in [-0.15, -0.1) is 0 Å². The normalized spacial score (nSPS) is 19.0. The summed E-state index contributed by atoms with van der Waals surface area (Å²) >= 11 is 0. The molecule has 0 bridgehead atoms. The minimum absolute atomic E-state index is 0.0422. The van der Waals surface area contributed by atoms with E-state index in [9.17, 15) is 14.3 Å². The third-order valence-corrected chi connectivity index (χ3v) is 8.79. The number of nitrogens with one attached hydrogen (secondary N) is 1. The minimum atomic E-state index is -0.501. The first-order chi connectivity index (χ1) is 20.8. The number of anilines is 1. The van der Waals surface area contributed by atoms with Crippen LogP contribution < -0.4 is 19.7 Å². The number of aliphatic hydroxyl groups is 1. The highest BCUT2D eigenvalue weighted by Gasteiger charge is 2.54. The fourth-order valence-corrected chi connectivity index (χ4v) is 6.75. The number of pyridine rings is 1. The highest BCUT2D eigenvalue weighted by molar-refractivity contribution is 5.97. The number of carbonyl (C=O) groups excluding carboxylic acids is 1. The van der Waals surface area contributed by atoms with Crippen molar-refractivity contribution in [3.05, 3.63) is 65.6 Å². The number of rotatable bonds is 10. The number of aliphatic hydroxyl groups excluding tert-OH is 1. The second-order valence-electron chi connectivity index (χ2n) is 12.1. The van der Waals surface area contributed by atoms with Crippen LogP contribution in [0, 0.1) is 11.2 Å². The molecular formula is C32H39FN6O4. The third-order valence-electron chi connectivity index (χ3n) is 8.79. The Bertz CT molecular complexity index is 1470. The molecule has 1 aromatic carbocycles. The van der Waals surface area contributed by atoms with E-state index in [0.717, 1.165) is 55.9 Å². The first-order valence-electron chi connectivity index (χ1n) is 15.1. The molecule has 2 fully saturated rings. The van der Waals surface area contributed by atoms with Crippen LogP contribution in [0.4, 0.5) is 10.2 Å². The zero-order valence-corrected chi connectivity index (χ0v) is 24.9. The van der Waals surface area contributed by atoms with Crippen molar-refractivity contribution in [2.24, 2.45) is 5.41 Å². The van der Waals surface area contributed by atoms with E-state index in [4.69, 9.17) is 9.47 Å². The molecule has 1 spiro atoms. The van der Waals surface area contributed by atoms with Crippen molar-refractivity contribution in [3.8, 4) is 17.2 Å². The lowest BCUT2D eigenvalue weighted by molar-refractivity contribution is -0.0352. The predicted molar refractivity (Wildman–Crippen MR) is 159 cm³/mol. The van der Waals surface area contributed by atoms with Crippen LogP contribution in [0.3, 0.4) is 0 Å². The molecule has 43 heavy (non-hydrogen) atoms. The first kappa shape index (κ1) is 29.3. The maximum Gasteiger partial charge on any atom is 0.257 e. The van der Waals surface area contributed by atoms with Gasteiger partial charge in [-0.2, -0.15) is 0 Å². The highest BCUT2D eigenvalue weighted by atomic mass is 19.1. The van der Waals surface area contributed by atoms with Gasteiger partial charge in [0, 0.05) is 68.5 Å². The molecule has 6 rings (SSSR count). The highest BCUT2D eigenvalue weighted by Crippen LogP contribution is 2.52. The van der Waals surface area contributed by atoms with Gasteiger partial charge < -0.3 is 29.7 Å². The summed E-state index contributed by atoms with van der Waals surface area (Å²) in [6.45, 7) is 8.80. The van der Waals surface area contributed by atoms with Gasteiger partial charge in [0.2, 0.25) is 0 Å². The third kappa shape index (κ3) is 5.75. The summed E-state index contributed by atoms with van der Waals surface area (Å²) in [6, 6.07) is 5.94. The lowest BCUT2D eigenvalue weighted by Crippen LogP contribution is -2.65. The largest absolute Gasteiger partial charge is 0.490 e. The predicted octanol–water partition coefficient (Wildman–Crippen LogP) is 4.29. The molecule has 2 N–H and O–H groups in total. The van der Waals surface area contributed by atoms with E-state index in [-0.39, 0.29) is 47.4 Å². The molecule has 11 heteroatoms. The van der Waals surface area contributed by atoms with Gasteiger partial charge in [-0.05, 0) is 64.3 Å². The van der Waals surface area contributed by atoms with Gasteiger partial charge in [0.25, 0.3) is 5.91 Å². The Balaban J connectivity index is 1.12. The number of benzene rings is 1. The molecule has 2 aromatic heterocycles. The van der Waals surface area contributed by atoms with Crippen molar-refractivity contribution >= 4 is 11.7 Å². The number of fused-ring (bicyclic) bond motifs is 1. The van der Waals surface area contributed by atoms with Crippen LogP contribution in [0.15, 0.2) is 43.0 Å². The fraction of sp³-hybridized carbons (Fsp3) is 0.500. The van der Waals surface area contributed by atoms with E-state index in [1.807, 2.05) is 33.0 Å². The molecule has 1 atom stereocenters. The average molecular weight is 591 g/mol. The molecule has 1 aliphatic carbocycles. The minimum Gasteiger partial charge on any atom is -0.490 e. The smallest absolute Gasteiger partial charge is 0.257 e. The molecule has 1 unspecified atom stereocenters. The summed E-state index contributed by atoms with van der Waals surface area (Å²) in [5, 5.41) is 13.0. The summed E-state index contributed by atoms with van der Waals surface area (Å²) in [4.78, 5) is 30.4. The van der Waals surface area contributed by atoms with Gasteiger partial charge in [-0.3, -0.25) is 9.78 Å². The second kappa shape index (κ2) is 12.0. The van der Waals surface area contributed by atoms with Crippen molar-refractivity contribution in [2.45, 2.75) is 64.6 Å². The van der Waals surface area contributed by atoms with Gasteiger partial charge >= 0.3 is 0 Å². The van der Waals surface area contributed by atoms with Crippen LogP contribution in [0.25, 0.3) is 0 Å². The molecule has 228 valence electrons. The maximum absolute atomic E-state index is 14.2. The van der Waals surface area contributed by atoms with Gasteiger partial charge in [-0.1, -0.05) is 0 Å². The van der Waals surface area contributed by atoms with Crippen molar-refractivity contribution in [3.63, 3.8) is 0 Å². The van der Waals surface area contributed by atoms with Crippen LogP contribution in [0.2, 0.25) is 0 Å². The SMILES string of the molecule is CCN(C(=O)c1cc(F)ccc1Oc1cncnc1N1CC2(CC(Oc3ccnc4c3C(CCO)NCC4)C2)C1)C(C)C. The average Bonchev–Trinajstić information content (AvgIpc) is 2.95. The summed E-state index contributed by atoms with van der Waals surface area (Å²) < 4.78 is 26.9. The van der Waals surface area contributed by atoms with Gasteiger partial charge in [0.05, 0.1) is 17.5 Å². The molecule has 10 nitrogen and oxygen atoms in total. The number of halogens is 1. The monoisotopic (exact) mass is 590 g/mol. The maximum atomic E-state index is 14.2. The van der Waals surface area contributed by atoms with Crippen molar-refractivity contribution < 1.29 is 23.8 Å². The Morgan fingerprint density at radius 1 is 1.21 bits per heavy atom. The molecule has 4 heterocycles. The van der Waals surface area contributed by atoms with E-state index < -0.39 is 5.82 Å². The molecule has 0 radical (unpaired) electrons. The summed E-state index contributed by atoms with van der Waals surface area (Å²) in [5.41, 5.74) is 2.43. The Morgan fingerprint density at radius 2 is 2.02 bits per heavy atom. The van der Waals surface area contributed by atoms with Crippen LogP contribution in [0.1, 0.15) is 67.7 Å². The lowest BCUT2D eigenvalue weighted by Gasteiger charge is -2.59. The fourth-order valence-electron chi connectivity index (χ4n) is 6.75. The van der Waals surface area contributed by atoms with Crippen LogP contribution >= 0.6 is 0 Å². The quantitative estimate of drug-likeness (QED) is 0.357. The summed E-state index contributed by atoms with van der Waals surface area (Å²) in [5.74, 6) is 1.40. The number of nitrogens with zero attached hydrogens (tertiary/aromatic N) is 5. The Labute approximate surface area is 251 Å². The number of amides is 1. The second-order valence-corrected chi connectivity index (χ2v) is 12.1. The van der Waals surface area contributed by atoms with E-state index in [1.54, 1.807) is 11.1 Å². The zero-order chi connectivity index (χ0) is 30.1. The molecule has 3 aromatic rings. The van der Waals surface area contributed by atoms with E-state index in [0.29, 0.717) is 24.5 Å². The number of aromatic nitrogens is 3. The first-order valence-corrected chi connectivity index (χ1v) is 15.1. The topological polar surface area (TPSA) is 113 Å². The summed E-state index contributed by atoms with van der Waals surface area (Å²) in [7, 11) is 0. The molecule has 2 aliphatic heterocycles. The molecular weight excluding hydrogens is 551 g/mol. The van der Waals surface area contributed by atoms with Gasteiger partial charge in [0.1, 0.15) is 29.7 Å².